The highest BCUT2D eigenvalue weighted by molar-refractivity contribution is 8.00. The van der Waals surface area contributed by atoms with Gasteiger partial charge < -0.3 is 5.73 Å². The van der Waals surface area contributed by atoms with Crippen molar-refractivity contribution in [3.05, 3.63) is 0 Å². The zero-order valence-corrected chi connectivity index (χ0v) is 13.4. The second-order valence-corrected chi connectivity index (χ2v) is 9.34. The molecule has 0 spiro atoms. The van der Waals surface area contributed by atoms with E-state index < -0.39 is 10.2 Å². The maximum absolute atomic E-state index is 12.8. The molecule has 2 heterocycles. The van der Waals surface area contributed by atoms with Crippen LogP contribution in [0.4, 0.5) is 0 Å². The zero-order valence-electron chi connectivity index (χ0n) is 11.8. The molecule has 3 atom stereocenters. The second-order valence-electron chi connectivity index (χ2n) is 5.58. The van der Waals surface area contributed by atoms with E-state index in [4.69, 9.17) is 5.73 Å². The van der Waals surface area contributed by atoms with Gasteiger partial charge in [-0.2, -0.15) is 28.8 Å². The summed E-state index contributed by atoms with van der Waals surface area (Å²) in [5.41, 5.74) is 5.75. The Bertz CT molecular complexity index is 392. The van der Waals surface area contributed by atoms with Crippen molar-refractivity contribution in [3.8, 4) is 0 Å². The summed E-state index contributed by atoms with van der Waals surface area (Å²) in [6, 6.07) is -0.0149. The van der Waals surface area contributed by atoms with E-state index in [0.717, 1.165) is 19.3 Å². The van der Waals surface area contributed by atoms with Crippen molar-refractivity contribution in [3.63, 3.8) is 0 Å². The van der Waals surface area contributed by atoms with Crippen LogP contribution in [0.15, 0.2) is 0 Å². The topological polar surface area (TPSA) is 66.6 Å². The third-order valence-electron chi connectivity index (χ3n) is 3.85. The highest BCUT2D eigenvalue weighted by Gasteiger charge is 2.38. The third kappa shape index (κ3) is 3.44. The SMILES string of the molecule is CC1CN(S(=O)(=O)N2CCCCC2CN)CC(C)S1. The predicted molar refractivity (Wildman–Crippen MR) is 80.4 cm³/mol. The number of nitrogens with zero attached hydrogens (tertiary/aromatic N) is 2. The third-order valence-corrected chi connectivity index (χ3v) is 7.11. The van der Waals surface area contributed by atoms with Crippen LogP contribution in [-0.2, 0) is 10.2 Å². The average molecular weight is 307 g/mol. The number of thioether (sulfide) groups is 1. The number of hydrogen-bond acceptors (Lipinski definition) is 4. The smallest absolute Gasteiger partial charge is 0.282 e. The second kappa shape index (κ2) is 6.30. The van der Waals surface area contributed by atoms with Gasteiger partial charge in [0.1, 0.15) is 0 Å². The summed E-state index contributed by atoms with van der Waals surface area (Å²) in [7, 11) is -3.34. The van der Waals surface area contributed by atoms with Crippen molar-refractivity contribution in [1.29, 1.82) is 0 Å². The molecule has 2 N–H and O–H groups in total. The first-order chi connectivity index (χ1) is 8.95. The van der Waals surface area contributed by atoms with E-state index in [2.05, 4.69) is 13.8 Å². The minimum Gasteiger partial charge on any atom is -0.329 e. The lowest BCUT2D eigenvalue weighted by molar-refractivity contribution is 0.234. The van der Waals surface area contributed by atoms with E-state index in [1.807, 2.05) is 11.8 Å². The van der Waals surface area contributed by atoms with Crippen molar-refractivity contribution in [1.82, 2.24) is 8.61 Å². The molecular formula is C12H25N3O2S2. The summed E-state index contributed by atoms with van der Waals surface area (Å²) < 4.78 is 28.9. The Kier molecular flexibility index (Phi) is 5.16. The van der Waals surface area contributed by atoms with Gasteiger partial charge in [0.25, 0.3) is 10.2 Å². The molecule has 2 aliphatic rings. The van der Waals surface area contributed by atoms with Crippen LogP contribution in [0, 0.1) is 0 Å². The molecule has 3 unspecified atom stereocenters. The Morgan fingerprint density at radius 3 is 2.42 bits per heavy atom. The number of hydrogen-bond donors (Lipinski definition) is 1. The van der Waals surface area contributed by atoms with E-state index in [0.29, 0.717) is 36.7 Å². The molecule has 0 aromatic rings. The van der Waals surface area contributed by atoms with Gasteiger partial charge in [-0.3, -0.25) is 0 Å². The maximum atomic E-state index is 12.8. The fraction of sp³-hybridized carbons (Fsp3) is 1.00. The van der Waals surface area contributed by atoms with E-state index >= 15 is 0 Å². The molecule has 7 heteroatoms. The fourth-order valence-corrected chi connectivity index (χ4v) is 6.54. The van der Waals surface area contributed by atoms with E-state index in [-0.39, 0.29) is 6.04 Å². The molecular weight excluding hydrogens is 282 g/mol. The Balaban J connectivity index is 2.16. The normalized spacial score (nSPS) is 35.4. The Labute approximate surface area is 121 Å². The lowest BCUT2D eigenvalue weighted by atomic mass is 10.1. The highest BCUT2D eigenvalue weighted by Crippen LogP contribution is 2.29. The van der Waals surface area contributed by atoms with Crippen molar-refractivity contribution < 1.29 is 8.42 Å². The quantitative estimate of drug-likeness (QED) is 0.840. The van der Waals surface area contributed by atoms with Gasteiger partial charge in [-0.15, -0.1) is 0 Å². The molecule has 112 valence electrons. The average Bonchev–Trinajstić information content (AvgIpc) is 2.37. The van der Waals surface area contributed by atoms with Crippen molar-refractivity contribution in [2.24, 2.45) is 5.73 Å². The zero-order chi connectivity index (χ0) is 14.0. The molecule has 0 radical (unpaired) electrons. The molecule has 2 saturated heterocycles. The van der Waals surface area contributed by atoms with E-state index in [9.17, 15) is 8.42 Å². The van der Waals surface area contributed by atoms with Crippen molar-refractivity contribution >= 4 is 22.0 Å². The number of nitrogens with two attached hydrogens (primary N) is 1. The van der Waals surface area contributed by atoms with Crippen LogP contribution in [0.25, 0.3) is 0 Å². The highest BCUT2D eigenvalue weighted by atomic mass is 32.2. The van der Waals surface area contributed by atoms with Gasteiger partial charge in [0.15, 0.2) is 0 Å². The van der Waals surface area contributed by atoms with Gasteiger partial charge in [0, 0.05) is 42.7 Å². The minimum atomic E-state index is -3.34. The number of piperidine rings is 1. The summed E-state index contributed by atoms with van der Waals surface area (Å²) in [5, 5.41) is 0.722. The van der Waals surface area contributed by atoms with E-state index in [1.165, 1.54) is 0 Å². The summed E-state index contributed by atoms with van der Waals surface area (Å²) in [6.45, 7) is 6.47. The lowest BCUT2D eigenvalue weighted by Gasteiger charge is -2.41. The van der Waals surface area contributed by atoms with Crippen LogP contribution < -0.4 is 5.73 Å². The Hall–Kier alpha value is 0.180. The van der Waals surface area contributed by atoms with Crippen molar-refractivity contribution in [2.75, 3.05) is 26.2 Å². The van der Waals surface area contributed by atoms with Crippen LogP contribution in [0.2, 0.25) is 0 Å². The molecule has 19 heavy (non-hydrogen) atoms. The first-order valence-corrected chi connectivity index (χ1v) is 9.41. The molecule has 2 rings (SSSR count). The molecule has 0 saturated carbocycles. The maximum Gasteiger partial charge on any atom is 0.282 e. The Morgan fingerprint density at radius 1 is 1.21 bits per heavy atom. The van der Waals surface area contributed by atoms with Gasteiger partial charge >= 0.3 is 0 Å². The molecule has 0 aliphatic carbocycles. The largest absolute Gasteiger partial charge is 0.329 e. The predicted octanol–water partition coefficient (Wildman–Crippen LogP) is 0.870. The summed E-state index contributed by atoms with van der Waals surface area (Å²) in [4.78, 5) is 0. The van der Waals surface area contributed by atoms with Crippen LogP contribution in [0.5, 0.6) is 0 Å². The van der Waals surface area contributed by atoms with Crippen LogP contribution in [0.3, 0.4) is 0 Å². The molecule has 0 aromatic heterocycles. The Morgan fingerprint density at radius 2 is 1.84 bits per heavy atom. The first-order valence-electron chi connectivity index (χ1n) is 7.07. The van der Waals surface area contributed by atoms with Gasteiger partial charge in [-0.25, -0.2) is 0 Å². The lowest BCUT2D eigenvalue weighted by Crippen LogP contribution is -2.56. The molecule has 0 aromatic carbocycles. The van der Waals surface area contributed by atoms with Crippen LogP contribution in [0.1, 0.15) is 33.1 Å². The van der Waals surface area contributed by atoms with Crippen molar-refractivity contribution in [2.45, 2.75) is 49.7 Å². The van der Waals surface area contributed by atoms with Crippen LogP contribution >= 0.6 is 11.8 Å². The summed E-state index contributed by atoms with van der Waals surface area (Å²) >= 11 is 1.86. The van der Waals surface area contributed by atoms with Gasteiger partial charge in [-0.05, 0) is 12.8 Å². The summed E-state index contributed by atoms with van der Waals surface area (Å²) in [5.74, 6) is 0. The molecule has 0 amide bonds. The first kappa shape index (κ1) is 15.6. The van der Waals surface area contributed by atoms with Gasteiger partial charge in [-0.1, -0.05) is 20.3 Å². The molecule has 2 fully saturated rings. The molecule has 2 aliphatic heterocycles. The summed E-state index contributed by atoms with van der Waals surface area (Å²) in [6.07, 6.45) is 2.92. The fourth-order valence-electron chi connectivity index (χ4n) is 2.98. The monoisotopic (exact) mass is 307 g/mol. The van der Waals surface area contributed by atoms with Crippen LogP contribution in [-0.4, -0.2) is 59.7 Å². The van der Waals surface area contributed by atoms with Gasteiger partial charge in [0.05, 0.1) is 0 Å². The van der Waals surface area contributed by atoms with E-state index in [1.54, 1.807) is 8.61 Å². The minimum absolute atomic E-state index is 0.0149. The molecule has 5 nitrogen and oxygen atoms in total. The number of rotatable bonds is 3. The van der Waals surface area contributed by atoms with Gasteiger partial charge in [0.2, 0.25) is 0 Å². The molecule has 0 bridgehead atoms. The standard InChI is InChI=1S/C12H25N3O2S2/c1-10-8-14(9-11(2)18-10)19(16,17)15-6-4-3-5-12(15)7-13/h10-12H,3-9,13H2,1-2H3.